The van der Waals surface area contributed by atoms with Gasteiger partial charge in [-0.3, -0.25) is 0 Å². The second-order valence-corrected chi connectivity index (χ2v) is 17.6. The van der Waals surface area contributed by atoms with Crippen LogP contribution in [0.15, 0.2) is 33.5 Å². The third kappa shape index (κ3) is 3.29. The van der Waals surface area contributed by atoms with E-state index in [0.29, 0.717) is 5.58 Å². The molecule has 21 heavy (non-hydrogen) atoms. The van der Waals surface area contributed by atoms with Gasteiger partial charge in [-0.15, -0.1) is 0 Å². The summed E-state index contributed by atoms with van der Waals surface area (Å²) in [4.78, 5) is 11.6. The van der Waals surface area contributed by atoms with E-state index in [-0.39, 0.29) is 5.63 Å². The van der Waals surface area contributed by atoms with Gasteiger partial charge in [0.25, 0.3) is 0 Å². The Balaban J connectivity index is 2.68. The zero-order chi connectivity index (χ0) is 16.0. The number of hydrogen-bond acceptors (Lipinski definition) is 3. The van der Waals surface area contributed by atoms with Gasteiger partial charge in [0.05, 0.1) is 0 Å². The van der Waals surface area contributed by atoms with E-state index in [0.717, 1.165) is 10.9 Å². The maximum absolute atomic E-state index is 11.6. The summed E-state index contributed by atoms with van der Waals surface area (Å²) in [5.41, 5.74) is 2.58. The van der Waals surface area contributed by atoms with Gasteiger partial charge in [0, 0.05) is 23.2 Å². The Labute approximate surface area is 128 Å². The van der Waals surface area contributed by atoms with Crippen LogP contribution in [-0.4, -0.2) is 16.5 Å². The number of hydrogen-bond donors (Lipinski definition) is 0. The standard InChI is InChI=1S/C16H25NO2Si2/c1-12-10-16(18)19-15-11-13(8-9-14(12)15)17(20(2,3)4)21(5,6)7/h8-11H,1-7H3. The summed E-state index contributed by atoms with van der Waals surface area (Å²) in [6, 6.07) is 7.85. The maximum Gasteiger partial charge on any atom is 0.336 e. The third-order valence-corrected chi connectivity index (χ3v) is 10.8. The molecule has 1 heterocycles. The summed E-state index contributed by atoms with van der Waals surface area (Å²) in [7, 11) is -3.00. The minimum Gasteiger partial charge on any atom is -0.424 e. The average molecular weight is 320 g/mol. The lowest BCUT2D eigenvalue weighted by molar-refractivity contribution is 0.560. The van der Waals surface area contributed by atoms with Crippen LogP contribution in [0.3, 0.4) is 0 Å². The van der Waals surface area contributed by atoms with E-state index in [1.54, 1.807) is 6.07 Å². The fourth-order valence-electron chi connectivity index (χ4n) is 3.23. The van der Waals surface area contributed by atoms with Gasteiger partial charge in [0.1, 0.15) is 22.1 Å². The molecule has 1 aromatic heterocycles. The molecule has 114 valence electrons. The molecule has 2 aromatic rings. The second kappa shape index (κ2) is 5.14. The Bertz CT molecular complexity index is 710. The highest BCUT2D eigenvalue weighted by Crippen LogP contribution is 2.31. The van der Waals surface area contributed by atoms with E-state index in [9.17, 15) is 4.79 Å². The molecule has 0 aliphatic heterocycles. The van der Waals surface area contributed by atoms with Crippen molar-refractivity contribution >= 4 is 33.1 Å². The van der Waals surface area contributed by atoms with Crippen molar-refractivity contribution in [3.8, 4) is 0 Å². The summed E-state index contributed by atoms with van der Waals surface area (Å²) in [5, 5.41) is 1.02. The first-order valence-corrected chi connectivity index (χ1v) is 14.2. The number of rotatable bonds is 3. The van der Waals surface area contributed by atoms with Gasteiger partial charge in [-0.1, -0.05) is 39.3 Å². The average Bonchev–Trinajstić information content (AvgIpc) is 2.23. The van der Waals surface area contributed by atoms with Gasteiger partial charge in [-0.2, -0.15) is 0 Å². The van der Waals surface area contributed by atoms with Crippen LogP contribution < -0.4 is 9.86 Å². The Hall–Kier alpha value is -1.34. The Morgan fingerprint density at radius 2 is 1.52 bits per heavy atom. The minimum atomic E-state index is -1.50. The van der Waals surface area contributed by atoms with Gasteiger partial charge in [0.2, 0.25) is 0 Å². The Morgan fingerprint density at radius 1 is 0.952 bits per heavy atom. The molecule has 1 aromatic carbocycles. The quantitative estimate of drug-likeness (QED) is 0.613. The van der Waals surface area contributed by atoms with E-state index >= 15 is 0 Å². The lowest BCUT2D eigenvalue weighted by Gasteiger charge is -2.45. The molecule has 0 N–H and O–H groups in total. The third-order valence-electron chi connectivity index (χ3n) is 3.53. The molecule has 0 aliphatic carbocycles. The number of anilines is 1. The molecular formula is C16H25NO2Si2. The van der Waals surface area contributed by atoms with Crippen molar-refractivity contribution in [1.29, 1.82) is 0 Å². The van der Waals surface area contributed by atoms with Crippen LogP contribution in [0.5, 0.6) is 0 Å². The molecule has 3 nitrogen and oxygen atoms in total. The van der Waals surface area contributed by atoms with Crippen molar-refractivity contribution in [1.82, 2.24) is 0 Å². The van der Waals surface area contributed by atoms with Gasteiger partial charge in [-0.05, 0) is 24.6 Å². The molecule has 0 radical (unpaired) electrons. The van der Waals surface area contributed by atoms with Crippen LogP contribution in [0, 0.1) is 6.92 Å². The highest BCUT2D eigenvalue weighted by atomic mass is 28.4. The van der Waals surface area contributed by atoms with Crippen LogP contribution in [0.4, 0.5) is 5.69 Å². The van der Waals surface area contributed by atoms with Gasteiger partial charge < -0.3 is 8.65 Å². The fourth-order valence-corrected chi connectivity index (χ4v) is 13.1. The summed E-state index contributed by atoms with van der Waals surface area (Å²) in [5.74, 6) is 0. The molecule has 0 spiro atoms. The second-order valence-electron chi connectivity index (χ2n) is 7.61. The van der Waals surface area contributed by atoms with Crippen molar-refractivity contribution in [2.24, 2.45) is 0 Å². The normalized spacial score (nSPS) is 12.7. The molecule has 0 aliphatic rings. The molecule has 0 atom stereocenters. The first-order valence-electron chi connectivity index (χ1n) is 7.35. The fraction of sp³-hybridized carbons (Fsp3) is 0.438. The maximum atomic E-state index is 11.6. The van der Waals surface area contributed by atoms with Gasteiger partial charge >= 0.3 is 5.63 Å². The number of benzene rings is 1. The van der Waals surface area contributed by atoms with Crippen molar-refractivity contribution in [3.05, 3.63) is 40.2 Å². The van der Waals surface area contributed by atoms with Crippen molar-refractivity contribution in [2.75, 3.05) is 4.23 Å². The Kier molecular flexibility index (Phi) is 3.93. The van der Waals surface area contributed by atoms with E-state index in [4.69, 9.17) is 4.42 Å². The number of fused-ring (bicyclic) bond motifs is 1. The van der Waals surface area contributed by atoms with E-state index in [1.165, 1.54) is 5.69 Å². The summed E-state index contributed by atoms with van der Waals surface area (Å²) in [6.07, 6.45) is 0. The highest BCUT2D eigenvalue weighted by molar-refractivity contribution is 6.99. The first-order chi connectivity index (χ1) is 9.50. The molecular weight excluding hydrogens is 294 g/mol. The largest absolute Gasteiger partial charge is 0.424 e. The van der Waals surface area contributed by atoms with Crippen LogP contribution in [0.1, 0.15) is 5.56 Å². The molecule has 0 bridgehead atoms. The lowest BCUT2D eigenvalue weighted by atomic mass is 10.1. The minimum absolute atomic E-state index is 0.273. The predicted molar refractivity (Wildman–Crippen MR) is 96.4 cm³/mol. The topological polar surface area (TPSA) is 33.5 Å². The summed E-state index contributed by atoms with van der Waals surface area (Å²) in [6.45, 7) is 16.1. The van der Waals surface area contributed by atoms with E-state index in [1.807, 2.05) is 13.0 Å². The van der Waals surface area contributed by atoms with Crippen LogP contribution in [0.25, 0.3) is 11.0 Å². The summed E-state index contributed by atoms with van der Waals surface area (Å²) >= 11 is 0. The number of nitrogens with zero attached hydrogens (tertiary/aromatic N) is 1. The molecule has 0 amide bonds. The van der Waals surface area contributed by atoms with Crippen molar-refractivity contribution in [3.63, 3.8) is 0 Å². The van der Waals surface area contributed by atoms with Crippen LogP contribution >= 0.6 is 0 Å². The first kappa shape index (κ1) is 16.0. The Morgan fingerprint density at radius 3 is 2.05 bits per heavy atom. The monoisotopic (exact) mass is 319 g/mol. The smallest absolute Gasteiger partial charge is 0.336 e. The van der Waals surface area contributed by atoms with Gasteiger partial charge in [0.15, 0.2) is 0 Å². The molecule has 0 unspecified atom stereocenters. The highest BCUT2D eigenvalue weighted by Gasteiger charge is 2.34. The predicted octanol–water partition coefficient (Wildman–Crippen LogP) is 4.58. The van der Waals surface area contributed by atoms with E-state index in [2.05, 4.69) is 55.6 Å². The van der Waals surface area contributed by atoms with Crippen molar-refractivity contribution in [2.45, 2.75) is 46.2 Å². The summed E-state index contributed by atoms with van der Waals surface area (Å²) < 4.78 is 8.03. The van der Waals surface area contributed by atoms with Crippen LogP contribution in [0.2, 0.25) is 39.3 Å². The van der Waals surface area contributed by atoms with Crippen LogP contribution in [-0.2, 0) is 0 Å². The zero-order valence-corrected chi connectivity index (χ0v) is 16.1. The number of aryl methyl sites for hydroxylation is 1. The molecule has 0 saturated heterocycles. The lowest BCUT2D eigenvalue weighted by Crippen LogP contribution is -2.59. The van der Waals surface area contributed by atoms with E-state index < -0.39 is 16.5 Å². The molecule has 5 heteroatoms. The van der Waals surface area contributed by atoms with Crippen molar-refractivity contribution < 1.29 is 4.42 Å². The zero-order valence-electron chi connectivity index (χ0n) is 14.1. The molecule has 0 saturated carbocycles. The van der Waals surface area contributed by atoms with Gasteiger partial charge in [-0.25, -0.2) is 4.79 Å². The molecule has 0 fully saturated rings. The SMILES string of the molecule is Cc1cc(=O)oc2cc(N([Si](C)(C)C)[Si](C)(C)C)ccc12. The molecule has 2 rings (SSSR count).